The highest BCUT2D eigenvalue weighted by molar-refractivity contribution is 5.79. The van der Waals surface area contributed by atoms with Crippen molar-refractivity contribution in [3.05, 3.63) is 90.3 Å². The summed E-state index contributed by atoms with van der Waals surface area (Å²) in [6, 6.07) is 23.1. The van der Waals surface area contributed by atoms with Gasteiger partial charge in [0.25, 0.3) is 0 Å². The monoisotopic (exact) mass is 385 g/mol. The van der Waals surface area contributed by atoms with E-state index in [0.717, 1.165) is 32.6 Å². The summed E-state index contributed by atoms with van der Waals surface area (Å²) in [5.74, 6) is 0.215. The van der Waals surface area contributed by atoms with Crippen molar-refractivity contribution < 1.29 is 4.79 Å². The fraction of sp³-hybridized carbons (Fsp3) is 0.280. The summed E-state index contributed by atoms with van der Waals surface area (Å²) >= 11 is 0. The Kier molecular flexibility index (Phi) is 6.01. The fourth-order valence-electron chi connectivity index (χ4n) is 3.99. The van der Waals surface area contributed by atoms with Gasteiger partial charge in [0.05, 0.1) is 5.92 Å². The lowest BCUT2D eigenvalue weighted by molar-refractivity contribution is -0.133. The number of likely N-dealkylation sites (N-methyl/N-ethyl adjacent to an activating group) is 1. The SMILES string of the molecule is CN1CCN(Cc2cccnc2)CC(Cc2ccc(-c3ccccc3)cc2)C1=O. The number of aromatic nitrogens is 1. The van der Waals surface area contributed by atoms with Crippen molar-refractivity contribution in [1.29, 1.82) is 0 Å². The van der Waals surface area contributed by atoms with E-state index in [2.05, 4.69) is 64.5 Å². The minimum atomic E-state index is -0.0262. The van der Waals surface area contributed by atoms with Crippen LogP contribution in [-0.4, -0.2) is 47.4 Å². The van der Waals surface area contributed by atoms with Gasteiger partial charge in [-0.2, -0.15) is 0 Å². The Morgan fingerprint density at radius 1 is 0.897 bits per heavy atom. The minimum absolute atomic E-state index is 0.0262. The lowest BCUT2D eigenvalue weighted by atomic mass is 9.95. The Balaban J connectivity index is 1.47. The number of benzene rings is 2. The molecule has 4 nitrogen and oxygen atoms in total. The Morgan fingerprint density at radius 3 is 2.38 bits per heavy atom. The second kappa shape index (κ2) is 9.01. The number of hydrogen-bond acceptors (Lipinski definition) is 3. The predicted octanol–water partition coefficient (Wildman–Crippen LogP) is 3.88. The molecule has 0 spiro atoms. The van der Waals surface area contributed by atoms with Gasteiger partial charge >= 0.3 is 0 Å². The molecule has 1 fully saturated rings. The molecular formula is C25H27N3O. The summed E-state index contributed by atoms with van der Waals surface area (Å²) in [5.41, 5.74) is 4.82. The van der Waals surface area contributed by atoms with Crippen LogP contribution in [0.25, 0.3) is 11.1 Å². The topological polar surface area (TPSA) is 36.4 Å². The first kappa shape index (κ1) is 19.3. The van der Waals surface area contributed by atoms with E-state index in [4.69, 9.17) is 0 Å². The maximum atomic E-state index is 12.9. The summed E-state index contributed by atoms with van der Waals surface area (Å²) in [5, 5.41) is 0. The van der Waals surface area contributed by atoms with Gasteiger partial charge in [-0.25, -0.2) is 0 Å². The second-order valence-corrected chi connectivity index (χ2v) is 7.82. The molecule has 148 valence electrons. The van der Waals surface area contributed by atoms with Crippen molar-refractivity contribution in [1.82, 2.24) is 14.8 Å². The molecule has 3 aromatic rings. The highest BCUT2D eigenvalue weighted by Gasteiger charge is 2.28. The van der Waals surface area contributed by atoms with Crippen molar-refractivity contribution >= 4 is 5.91 Å². The van der Waals surface area contributed by atoms with Crippen LogP contribution in [0.4, 0.5) is 0 Å². The van der Waals surface area contributed by atoms with Gasteiger partial charge in [0, 0.05) is 45.6 Å². The number of carbonyl (C=O) groups is 1. The first-order valence-corrected chi connectivity index (χ1v) is 10.2. The maximum absolute atomic E-state index is 12.9. The van der Waals surface area contributed by atoms with Crippen molar-refractivity contribution in [3.8, 4) is 11.1 Å². The third-order valence-corrected chi connectivity index (χ3v) is 5.63. The van der Waals surface area contributed by atoms with Crippen LogP contribution in [0.2, 0.25) is 0 Å². The van der Waals surface area contributed by atoms with E-state index < -0.39 is 0 Å². The largest absolute Gasteiger partial charge is 0.344 e. The van der Waals surface area contributed by atoms with Gasteiger partial charge in [-0.3, -0.25) is 14.7 Å². The molecule has 2 aromatic carbocycles. The lowest BCUT2D eigenvalue weighted by Gasteiger charge is -2.23. The van der Waals surface area contributed by atoms with E-state index >= 15 is 0 Å². The number of nitrogens with zero attached hydrogens (tertiary/aromatic N) is 3. The molecule has 1 atom stereocenters. The van der Waals surface area contributed by atoms with Crippen LogP contribution in [0.5, 0.6) is 0 Å². The minimum Gasteiger partial charge on any atom is -0.344 e. The van der Waals surface area contributed by atoms with Crippen molar-refractivity contribution in [2.45, 2.75) is 13.0 Å². The molecule has 0 N–H and O–H groups in total. The van der Waals surface area contributed by atoms with Crippen LogP contribution in [0.3, 0.4) is 0 Å². The number of rotatable bonds is 5. The van der Waals surface area contributed by atoms with Crippen molar-refractivity contribution in [3.63, 3.8) is 0 Å². The zero-order valence-corrected chi connectivity index (χ0v) is 16.9. The average Bonchev–Trinajstić information content (AvgIpc) is 2.90. The van der Waals surface area contributed by atoms with Crippen molar-refractivity contribution in [2.24, 2.45) is 5.92 Å². The molecule has 4 heteroatoms. The van der Waals surface area contributed by atoms with Gasteiger partial charge < -0.3 is 4.90 Å². The van der Waals surface area contributed by atoms with Gasteiger partial charge in [-0.15, -0.1) is 0 Å². The van der Waals surface area contributed by atoms with Crippen LogP contribution in [-0.2, 0) is 17.8 Å². The van der Waals surface area contributed by atoms with E-state index in [0.29, 0.717) is 0 Å². The molecule has 0 radical (unpaired) electrons. The number of hydrogen-bond donors (Lipinski definition) is 0. The molecule has 1 aliphatic heterocycles. The summed E-state index contributed by atoms with van der Waals surface area (Å²) in [6.45, 7) is 3.26. The smallest absolute Gasteiger partial charge is 0.227 e. The summed E-state index contributed by atoms with van der Waals surface area (Å²) in [4.78, 5) is 21.4. The molecule has 0 bridgehead atoms. The Hall–Kier alpha value is -2.98. The molecule has 29 heavy (non-hydrogen) atoms. The summed E-state index contributed by atoms with van der Waals surface area (Å²) < 4.78 is 0. The molecule has 1 saturated heterocycles. The Bertz CT molecular complexity index is 925. The zero-order chi connectivity index (χ0) is 20.1. The third-order valence-electron chi connectivity index (χ3n) is 5.63. The van der Waals surface area contributed by atoms with E-state index in [1.807, 2.05) is 30.3 Å². The molecular weight excluding hydrogens is 358 g/mol. The van der Waals surface area contributed by atoms with Crippen LogP contribution in [0, 0.1) is 5.92 Å². The lowest BCUT2D eigenvalue weighted by Crippen LogP contribution is -2.34. The van der Waals surface area contributed by atoms with E-state index in [1.54, 1.807) is 6.20 Å². The van der Waals surface area contributed by atoms with Crippen LogP contribution in [0.1, 0.15) is 11.1 Å². The molecule has 1 amide bonds. The van der Waals surface area contributed by atoms with Crippen LogP contribution >= 0.6 is 0 Å². The Labute approximate surface area is 172 Å². The maximum Gasteiger partial charge on any atom is 0.227 e. The van der Waals surface area contributed by atoms with E-state index in [1.165, 1.54) is 22.3 Å². The third kappa shape index (κ3) is 4.90. The molecule has 1 aromatic heterocycles. The zero-order valence-electron chi connectivity index (χ0n) is 16.9. The van der Waals surface area contributed by atoms with Crippen LogP contribution < -0.4 is 0 Å². The molecule has 2 heterocycles. The Morgan fingerprint density at radius 2 is 1.66 bits per heavy atom. The second-order valence-electron chi connectivity index (χ2n) is 7.82. The molecule has 1 aliphatic rings. The average molecular weight is 386 g/mol. The van der Waals surface area contributed by atoms with E-state index in [-0.39, 0.29) is 11.8 Å². The highest BCUT2D eigenvalue weighted by Crippen LogP contribution is 2.22. The van der Waals surface area contributed by atoms with Gasteiger partial charge in [-0.05, 0) is 34.7 Å². The first-order chi connectivity index (χ1) is 14.2. The molecule has 0 saturated carbocycles. The summed E-state index contributed by atoms with van der Waals surface area (Å²) in [6.07, 6.45) is 4.47. The van der Waals surface area contributed by atoms with Gasteiger partial charge in [-0.1, -0.05) is 60.7 Å². The highest BCUT2D eigenvalue weighted by atomic mass is 16.2. The number of carbonyl (C=O) groups excluding carboxylic acids is 1. The van der Waals surface area contributed by atoms with Crippen molar-refractivity contribution in [2.75, 3.05) is 26.7 Å². The molecule has 1 unspecified atom stereocenters. The van der Waals surface area contributed by atoms with Gasteiger partial charge in [0.2, 0.25) is 5.91 Å². The molecule has 4 rings (SSSR count). The van der Waals surface area contributed by atoms with E-state index in [9.17, 15) is 4.79 Å². The first-order valence-electron chi connectivity index (χ1n) is 10.2. The molecule has 0 aliphatic carbocycles. The standard InChI is InChI=1S/C25H27N3O/c1-27-14-15-28(18-21-6-5-13-26-17-21)19-24(25(27)29)16-20-9-11-23(12-10-20)22-7-3-2-4-8-22/h2-13,17,24H,14-16,18-19H2,1H3. The predicted molar refractivity (Wildman–Crippen MR) is 116 cm³/mol. The van der Waals surface area contributed by atoms with Gasteiger partial charge in [0.1, 0.15) is 0 Å². The normalized spacial score (nSPS) is 17.9. The summed E-state index contributed by atoms with van der Waals surface area (Å²) in [7, 11) is 1.92. The fourth-order valence-corrected chi connectivity index (χ4v) is 3.99. The number of pyridine rings is 1. The van der Waals surface area contributed by atoms with Gasteiger partial charge in [0.15, 0.2) is 0 Å². The van der Waals surface area contributed by atoms with Crippen LogP contribution in [0.15, 0.2) is 79.1 Å². The number of amides is 1. The quantitative estimate of drug-likeness (QED) is 0.669.